The highest BCUT2D eigenvalue weighted by molar-refractivity contribution is 5.90. The Bertz CT molecular complexity index is 630. The lowest BCUT2D eigenvalue weighted by atomic mass is 10.1. The maximum Gasteiger partial charge on any atom is 0.226 e. The topological polar surface area (TPSA) is 50.2 Å². The van der Waals surface area contributed by atoms with Crippen molar-refractivity contribution in [1.29, 1.82) is 0 Å². The molecule has 1 aromatic heterocycles. The number of hydrogen-bond acceptors (Lipinski definition) is 3. The predicted octanol–water partition coefficient (Wildman–Crippen LogP) is 3.46. The summed E-state index contributed by atoms with van der Waals surface area (Å²) in [5, 5.41) is 7.15. The fourth-order valence-electron chi connectivity index (χ4n) is 3.18. The highest BCUT2D eigenvalue weighted by Gasteiger charge is 2.12. The van der Waals surface area contributed by atoms with Gasteiger partial charge in [0, 0.05) is 31.0 Å². The molecule has 0 saturated carbocycles. The molecule has 1 aliphatic heterocycles. The SMILES string of the molecule is C[C@H](CC(=O)Nc1ccc(CN2CCCCC2)cc1)n1cccn1. The molecule has 3 rings (SSSR count). The molecule has 0 spiro atoms. The van der Waals surface area contributed by atoms with E-state index in [1.54, 1.807) is 10.9 Å². The van der Waals surface area contributed by atoms with E-state index in [4.69, 9.17) is 0 Å². The van der Waals surface area contributed by atoms with Gasteiger partial charge in [0.25, 0.3) is 0 Å². The summed E-state index contributed by atoms with van der Waals surface area (Å²) in [6, 6.07) is 10.1. The molecule has 1 aromatic carbocycles. The molecule has 1 N–H and O–H groups in total. The minimum absolute atomic E-state index is 0.0155. The molecule has 5 heteroatoms. The second-order valence-corrected chi connectivity index (χ2v) is 6.62. The smallest absolute Gasteiger partial charge is 0.226 e. The van der Waals surface area contributed by atoms with E-state index >= 15 is 0 Å². The molecule has 2 aromatic rings. The predicted molar refractivity (Wildman–Crippen MR) is 95.8 cm³/mol. The Labute approximate surface area is 143 Å². The monoisotopic (exact) mass is 326 g/mol. The van der Waals surface area contributed by atoms with Crippen molar-refractivity contribution in [2.45, 2.75) is 45.2 Å². The molecule has 1 amide bonds. The van der Waals surface area contributed by atoms with Gasteiger partial charge in [-0.2, -0.15) is 5.10 Å². The van der Waals surface area contributed by atoms with Gasteiger partial charge in [-0.1, -0.05) is 18.6 Å². The van der Waals surface area contributed by atoms with Crippen molar-refractivity contribution < 1.29 is 4.79 Å². The van der Waals surface area contributed by atoms with Crippen LogP contribution in [0.1, 0.15) is 44.2 Å². The van der Waals surface area contributed by atoms with Crippen LogP contribution in [-0.4, -0.2) is 33.7 Å². The number of amides is 1. The van der Waals surface area contributed by atoms with Crippen molar-refractivity contribution in [3.8, 4) is 0 Å². The Morgan fingerprint density at radius 1 is 1.21 bits per heavy atom. The average Bonchev–Trinajstić information content (AvgIpc) is 3.12. The minimum Gasteiger partial charge on any atom is -0.326 e. The van der Waals surface area contributed by atoms with Crippen LogP contribution >= 0.6 is 0 Å². The van der Waals surface area contributed by atoms with Crippen LogP contribution in [0, 0.1) is 0 Å². The summed E-state index contributed by atoms with van der Waals surface area (Å²) in [5.41, 5.74) is 2.16. The van der Waals surface area contributed by atoms with Gasteiger partial charge >= 0.3 is 0 Å². The van der Waals surface area contributed by atoms with Crippen LogP contribution < -0.4 is 5.32 Å². The van der Waals surface area contributed by atoms with Crippen LogP contribution in [0.2, 0.25) is 0 Å². The third-order valence-corrected chi connectivity index (χ3v) is 4.55. The van der Waals surface area contributed by atoms with Gasteiger partial charge in [-0.25, -0.2) is 0 Å². The van der Waals surface area contributed by atoms with Crippen LogP contribution in [0.25, 0.3) is 0 Å². The van der Waals surface area contributed by atoms with Gasteiger partial charge in [-0.15, -0.1) is 0 Å². The average molecular weight is 326 g/mol. The zero-order valence-electron chi connectivity index (χ0n) is 14.3. The van der Waals surface area contributed by atoms with Gasteiger partial charge in [0.15, 0.2) is 0 Å². The first-order chi connectivity index (χ1) is 11.7. The zero-order valence-corrected chi connectivity index (χ0v) is 14.3. The summed E-state index contributed by atoms with van der Waals surface area (Å²) in [5.74, 6) is 0.0155. The van der Waals surface area contributed by atoms with E-state index < -0.39 is 0 Å². The number of rotatable bonds is 6. The molecule has 2 heterocycles. The third-order valence-electron chi connectivity index (χ3n) is 4.55. The summed E-state index contributed by atoms with van der Waals surface area (Å²) in [6.45, 7) is 5.40. The maximum atomic E-state index is 12.2. The molecule has 1 aliphatic rings. The van der Waals surface area contributed by atoms with E-state index in [1.807, 2.05) is 31.3 Å². The van der Waals surface area contributed by atoms with Crippen LogP contribution in [0.5, 0.6) is 0 Å². The molecule has 5 nitrogen and oxygen atoms in total. The molecule has 128 valence electrons. The Morgan fingerprint density at radius 2 is 1.96 bits per heavy atom. The largest absolute Gasteiger partial charge is 0.326 e. The second kappa shape index (κ2) is 8.11. The molecular weight excluding hydrogens is 300 g/mol. The molecular formula is C19H26N4O. The molecule has 1 atom stereocenters. The molecule has 0 bridgehead atoms. The standard InChI is InChI=1S/C19H26N4O/c1-16(23-13-5-10-20-23)14-19(24)21-18-8-6-17(7-9-18)15-22-11-3-2-4-12-22/h5-10,13,16H,2-4,11-12,14-15H2,1H3,(H,21,24)/t16-/m1/s1. The summed E-state index contributed by atoms with van der Waals surface area (Å²) in [6.07, 6.45) is 8.00. The molecule has 0 aliphatic carbocycles. The summed E-state index contributed by atoms with van der Waals surface area (Å²) >= 11 is 0. The number of anilines is 1. The third kappa shape index (κ3) is 4.68. The number of carbonyl (C=O) groups is 1. The summed E-state index contributed by atoms with van der Waals surface area (Å²) in [4.78, 5) is 14.7. The van der Waals surface area contributed by atoms with E-state index in [-0.39, 0.29) is 11.9 Å². The van der Waals surface area contributed by atoms with Crippen molar-refractivity contribution in [3.05, 3.63) is 48.3 Å². The van der Waals surface area contributed by atoms with E-state index in [1.165, 1.54) is 37.9 Å². The van der Waals surface area contributed by atoms with E-state index in [0.29, 0.717) is 6.42 Å². The molecule has 0 radical (unpaired) electrons. The van der Waals surface area contributed by atoms with E-state index in [2.05, 4.69) is 27.4 Å². The second-order valence-electron chi connectivity index (χ2n) is 6.62. The van der Waals surface area contributed by atoms with Gasteiger partial charge in [0.2, 0.25) is 5.91 Å². The van der Waals surface area contributed by atoms with Crippen molar-refractivity contribution in [3.63, 3.8) is 0 Å². The van der Waals surface area contributed by atoms with Crippen LogP contribution in [0.4, 0.5) is 5.69 Å². The number of nitrogens with zero attached hydrogens (tertiary/aromatic N) is 3. The lowest BCUT2D eigenvalue weighted by molar-refractivity contribution is -0.116. The zero-order chi connectivity index (χ0) is 16.8. The van der Waals surface area contributed by atoms with Gasteiger partial charge in [0.05, 0.1) is 6.04 Å². The first-order valence-electron chi connectivity index (χ1n) is 8.81. The Hall–Kier alpha value is -2.14. The Kier molecular flexibility index (Phi) is 5.64. The number of likely N-dealkylation sites (tertiary alicyclic amines) is 1. The van der Waals surface area contributed by atoms with Crippen molar-refractivity contribution in [2.24, 2.45) is 0 Å². The first-order valence-corrected chi connectivity index (χ1v) is 8.81. The van der Waals surface area contributed by atoms with E-state index in [0.717, 1.165) is 12.2 Å². The van der Waals surface area contributed by atoms with Crippen LogP contribution in [-0.2, 0) is 11.3 Å². The number of aromatic nitrogens is 2. The molecule has 1 fully saturated rings. The fourth-order valence-corrected chi connectivity index (χ4v) is 3.18. The number of nitrogens with one attached hydrogen (secondary N) is 1. The molecule has 0 unspecified atom stereocenters. The normalized spacial score (nSPS) is 16.7. The van der Waals surface area contributed by atoms with Gasteiger partial charge in [-0.3, -0.25) is 14.4 Å². The quantitative estimate of drug-likeness (QED) is 0.884. The number of piperidine rings is 1. The Morgan fingerprint density at radius 3 is 2.62 bits per heavy atom. The summed E-state index contributed by atoms with van der Waals surface area (Å²) in [7, 11) is 0. The highest BCUT2D eigenvalue weighted by Crippen LogP contribution is 2.16. The van der Waals surface area contributed by atoms with Gasteiger partial charge in [-0.05, 0) is 56.6 Å². The molecule has 1 saturated heterocycles. The highest BCUT2D eigenvalue weighted by atomic mass is 16.1. The fraction of sp³-hybridized carbons (Fsp3) is 0.474. The van der Waals surface area contributed by atoms with Crippen LogP contribution in [0.15, 0.2) is 42.7 Å². The molecule has 24 heavy (non-hydrogen) atoms. The van der Waals surface area contributed by atoms with Crippen molar-refractivity contribution >= 4 is 11.6 Å². The van der Waals surface area contributed by atoms with Crippen molar-refractivity contribution in [1.82, 2.24) is 14.7 Å². The minimum atomic E-state index is 0.0155. The maximum absolute atomic E-state index is 12.2. The van der Waals surface area contributed by atoms with Gasteiger partial charge in [0.1, 0.15) is 0 Å². The number of benzene rings is 1. The number of hydrogen-bond donors (Lipinski definition) is 1. The van der Waals surface area contributed by atoms with Crippen LogP contribution in [0.3, 0.4) is 0 Å². The number of carbonyl (C=O) groups excluding carboxylic acids is 1. The lowest BCUT2D eigenvalue weighted by Gasteiger charge is -2.26. The first kappa shape index (κ1) is 16.7. The summed E-state index contributed by atoms with van der Waals surface area (Å²) < 4.78 is 1.81. The lowest BCUT2D eigenvalue weighted by Crippen LogP contribution is -2.29. The van der Waals surface area contributed by atoms with Gasteiger partial charge < -0.3 is 5.32 Å². The van der Waals surface area contributed by atoms with E-state index in [9.17, 15) is 4.79 Å². The Balaban J connectivity index is 1.49. The van der Waals surface area contributed by atoms with Crippen molar-refractivity contribution in [2.75, 3.05) is 18.4 Å².